The first kappa shape index (κ1) is 18.9. The van der Waals surface area contributed by atoms with E-state index in [1.54, 1.807) is 0 Å². The number of halogens is 1. The van der Waals surface area contributed by atoms with Crippen LogP contribution in [0.5, 0.6) is 0 Å². The molecule has 0 N–H and O–H groups in total. The van der Waals surface area contributed by atoms with E-state index >= 15 is 0 Å². The quantitative estimate of drug-likeness (QED) is 0.515. The van der Waals surface area contributed by atoms with Crippen LogP contribution >= 0.6 is 15.9 Å². The van der Waals surface area contributed by atoms with E-state index in [-0.39, 0.29) is 0 Å². The molecule has 0 atom stereocenters. The maximum absolute atomic E-state index is 4.69. The smallest absolute Gasteiger partial charge is 0.0603 e. The van der Waals surface area contributed by atoms with E-state index in [9.17, 15) is 0 Å². The Morgan fingerprint density at radius 1 is 0.750 bits per heavy atom. The van der Waals surface area contributed by atoms with Gasteiger partial charge in [-0.3, -0.25) is 9.91 Å². The molecule has 4 heteroatoms. The van der Waals surface area contributed by atoms with E-state index in [2.05, 4.69) is 98.6 Å². The first-order valence-corrected chi connectivity index (χ1v) is 10.5. The Morgan fingerprint density at radius 3 is 1.93 bits per heavy atom. The fraction of sp³-hybridized carbons (Fsp3) is 0.208. The van der Waals surface area contributed by atoms with Gasteiger partial charge in [-0.15, -0.1) is 0 Å². The molecule has 0 amide bonds. The summed E-state index contributed by atoms with van der Waals surface area (Å²) >= 11 is 3.51. The van der Waals surface area contributed by atoms with Gasteiger partial charge in [0, 0.05) is 30.7 Å². The SMILES string of the molecule is Brc1cccc(/C=N/N2CCN(C(c3ccccc3)c3ccccc3)CC2)c1. The Balaban J connectivity index is 1.46. The summed E-state index contributed by atoms with van der Waals surface area (Å²) < 4.78 is 1.08. The second-order valence-electron chi connectivity index (χ2n) is 7.01. The third-order valence-electron chi connectivity index (χ3n) is 5.11. The molecule has 3 aromatic rings. The highest BCUT2D eigenvalue weighted by atomic mass is 79.9. The lowest BCUT2D eigenvalue weighted by atomic mass is 9.96. The zero-order chi connectivity index (χ0) is 19.2. The molecule has 1 fully saturated rings. The summed E-state index contributed by atoms with van der Waals surface area (Å²) in [5.74, 6) is 0. The summed E-state index contributed by atoms with van der Waals surface area (Å²) in [6, 6.07) is 30.1. The van der Waals surface area contributed by atoms with E-state index in [0.717, 1.165) is 36.2 Å². The van der Waals surface area contributed by atoms with Crippen LogP contribution in [0.4, 0.5) is 0 Å². The van der Waals surface area contributed by atoms with Gasteiger partial charge in [-0.2, -0.15) is 5.10 Å². The van der Waals surface area contributed by atoms with Crippen LogP contribution in [-0.4, -0.2) is 42.3 Å². The van der Waals surface area contributed by atoms with Crippen molar-refractivity contribution in [2.75, 3.05) is 26.2 Å². The summed E-state index contributed by atoms with van der Waals surface area (Å²) in [6.07, 6.45) is 1.95. The van der Waals surface area contributed by atoms with Crippen LogP contribution in [0.15, 0.2) is 94.5 Å². The molecule has 0 spiro atoms. The minimum absolute atomic E-state index is 0.290. The molecule has 1 saturated heterocycles. The van der Waals surface area contributed by atoms with Gasteiger partial charge in [-0.25, -0.2) is 0 Å². The summed E-state index contributed by atoms with van der Waals surface area (Å²) in [5.41, 5.74) is 3.81. The van der Waals surface area contributed by atoms with Gasteiger partial charge in [0.15, 0.2) is 0 Å². The molecule has 1 aliphatic rings. The van der Waals surface area contributed by atoms with Crippen LogP contribution < -0.4 is 0 Å². The highest BCUT2D eigenvalue weighted by molar-refractivity contribution is 9.10. The highest BCUT2D eigenvalue weighted by Gasteiger charge is 2.25. The largest absolute Gasteiger partial charge is 0.294 e. The maximum atomic E-state index is 4.69. The molecule has 28 heavy (non-hydrogen) atoms. The fourth-order valence-corrected chi connectivity index (χ4v) is 4.12. The van der Waals surface area contributed by atoms with Crippen molar-refractivity contribution in [2.24, 2.45) is 5.10 Å². The molecule has 4 rings (SSSR count). The topological polar surface area (TPSA) is 18.8 Å². The predicted octanol–water partition coefficient (Wildman–Crippen LogP) is 5.19. The number of rotatable bonds is 5. The first-order chi connectivity index (χ1) is 13.8. The standard InChI is InChI=1S/C24H24BrN3/c25-23-13-7-8-20(18-23)19-26-28-16-14-27(15-17-28)24(21-9-3-1-4-10-21)22-11-5-2-6-12-22/h1-13,18-19,24H,14-17H2/b26-19+. The molecule has 0 unspecified atom stereocenters. The lowest BCUT2D eigenvalue weighted by molar-refractivity contribution is 0.113. The zero-order valence-electron chi connectivity index (χ0n) is 15.8. The van der Waals surface area contributed by atoms with Gasteiger partial charge >= 0.3 is 0 Å². The summed E-state index contributed by atoms with van der Waals surface area (Å²) in [6.45, 7) is 3.84. The van der Waals surface area contributed by atoms with Crippen LogP contribution in [0.2, 0.25) is 0 Å². The van der Waals surface area contributed by atoms with E-state index in [4.69, 9.17) is 5.10 Å². The molecule has 0 saturated carbocycles. The normalized spacial score (nSPS) is 15.4. The van der Waals surface area contributed by atoms with Gasteiger partial charge in [-0.05, 0) is 28.8 Å². The van der Waals surface area contributed by atoms with Crippen molar-refractivity contribution < 1.29 is 0 Å². The van der Waals surface area contributed by atoms with E-state index in [1.807, 2.05) is 18.3 Å². The summed E-state index contributed by atoms with van der Waals surface area (Å²) in [4.78, 5) is 2.57. The lowest BCUT2D eigenvalue weighted by Gasteiger charge is -2.38. The lowest BCUT2D eigenvalue weighted by Crippen LogP contribution is -2.45. The van der Waals surface area contributed by atoms with Crippen molar-refractivity contribution in [1.29, 1.82) is 0 Å². The number of piperazine rings is 1. The van der Waals surface area contributed by atoms with Gasteiger partial charge in [-0.1, -0.05) is 88.7 Å². The fourth-order valence-electron chi connectivity index (χ4n) is 3.70. The van der Waals surface area contributed by atoms with Crippen LogP contribution in [0.3, 0.4) is 0 Å². The minimum Gasteiger partial charge on any atom is -0.294 e. The number of hydrazone groups is 1. The number of nitrogens with zero attached hydrogens (tertiary/aromatic N) is 3. The van der Waals surface area contributed by atoms with Crippen molar-refractivity contribution in [1.82, 2.24) is 9.91 Å². The molecule has 142 valence electrons. The van der Waals surface area contributed by atoms with Crippen molar-refractivity contribution in [3.05, 3.63) is 106 Å². The van der Waals surface area contributed by atoms with E-state index in [1.165, 1.54) is 11.1 Å². The van der Waals surface area contributed by atoms with Gasteiger partial charge in [0.2, 0.25) is 0 Å². The van der Waals surface area contributed by atoms with Crippen molar-refractivity contribution in [3.8, 4) is 0 Å². The third-order valence-corrected chi connectivity index (χ3v) is 5.60. The Labute approximate surface area is 175 Å². The number of benzene rings is 3. The molecule has 3 nitrogen and oxygen atoms in total. The van der Waals surface area contributed by atoms with Crippen LogP contribution in [0.25, 0.3) is 0 Å². The first-order valence-electron chi connectivity index (χ1n) is 9.68. The second kappa shape index (κ2) is 9.18. The number of hydrogen-bond donors (Lipinski definition) is 0. The highest BCUT2D eigenvalue weighted by Crippen LogP contribution is 2.29. The van der Waals surface area contributed by atoms with Gasteiger partial charge in [0.1, 0.15) is 0 Å². The van der Waals surface area contributed by atoms with E-state index in [0.29, 0.717) is 6.04 Å². The van der Waals surface area contributed by atoms with Crippen LogP contribution in [-0.2, 0) is 0 Å². The summed E-state index contributed by atoms with van der Waals surface area (Å²) in [7, 11) is 0. The monoisotopic (exact) mass is 433 g/mol. The zero-order valence-corrected chi connectivity index (χ0v) is 17.4. The van der Waals surface area contributed by atoms with E-state index < -0.39 is 0 Å². The molecule has 1 aliphatic heterocycles. The predicted molar refractivity (Wildman–Crippen MR) is 120 cm³/mol. The average Bonchev–Trinajstić information content (AvgIpc) is 2.75. The maximum Gasteiger partial charge on any atom is 0.0603 e. The second-order valence-corrected chi connectivity index (χ2v) is 7.93. The van der Waals surface area contributed by atoms with Crippen molar-refractivity contribution in [2.45, 2.75) is 6.04 Å². The summed E-state index contributed by atoms with van der Waals surface area (Å²) in [5, 5.41) is 6.87. The molecule has 0 bridgehead atoms. The van der Waals surface area contributed by atoms with Gasteiger partial charge in [0.25, 0.3) is 0 Å². The van der Waals surface area contributed by atoms with Gasteiger partial charge in [0.05, 0.1) is 12.3 Å². The van der Waals surface area contributed by atoms with Crippen LogP contribution in [0, 0.1) is 0 Å². The molecule has 0 radical (unpaired) electrons. The molecular formula is C24H24BrN3. The Bertz CT molecular complexity index is 864. The van der Waals surface area contributed by atoms with Crippen LogP contribution in [0.1, 0.15) is 22.7 Å². The Hall–Kier alpha value is -2.43. The van der Waals surface area contributed by atoms with Crippen molar-refractivity contribution >= 4 is 22.1 Å². The minimum atomic E-state index is 0.290. The molecule has 3 aromatic carbocycles. The number of hydrogen-bond acceptors (Lipinski definition) is 3. The molecular weight excluding hydrogens is 410 g/mol. The third kappa shape index (κ3) is 4.70. The Kier molecular flexibility index (Phi) is 6.20. The van der Waals surface area contributed by atoms with Crippen molar-refractivity contribution in [3.63, 3.8) is 0 Å². The Morgan fingerprint density at radius 2 is 1.36 bits per heavy atom. The van der Waals surface area contributed by atoms with Gasteiger partial charge < -0.3 is 0 Å². The molecule has 0 aliphatic carbocycles. The molecule has 0 aromatic heterocycles. The average molecular weight is 434 g/mol. The molecule has 1 heterocycles.